The molecule has 7 heteroatoms. The third kappa shape index (κ3) is 4.20. The number of hydrogen-bond donors (Lipinski definition) is 1. The molecule has 0 saturated carbocycles. The summed E-state index contributed by atoms with van der Waals surface area (Å²) in [5.41, 5.74) is 3.91. The fraction of sp³-hybridized carbons (Fsp3) is 0.333. The molecule has 0 aliphatic carbocycles. The van der Waals surface area contributed by atoms with Gasteiger partial charge in [-0.2, -0.15) is 0 Å². The number of rotatable bonds is 7. The van der Waals surface area contributed by atoms with Crippen molar-refractivity contribution in [1.29, 1.82) is 0 Å². The maximum Gasteiger partial charge on any atom is 0.278 e. The van der Waals surface area contributed by atoms with Gasteiger partial charge in [0.2, 0.25) is 0 Å². The number of nitro groups is 1. The van der Waals surface area contributed by atoms with Gasteiger partial charge in [-0.1, -0.05) is 38.2 Å². The van der Waals surface area contributed by atoms with Crippen molar-refractivity contribution in [2.24, 2.45) is 4.99 Å². The molecule has 0 bridgehead atoms. The van der Waals surface area contributed by atoms with E-state index in [0.717, 1.165) is 42.9 Å². The molecule has 0 spiro atoms. The fourth-order valence-corrected chi connectivity index (χ4v) is 3.61. The van der Waals surface area contributed by atoms with Crippen molar-refractivity contribution in [1.82, 2.24) is 0 Å². The number of nitro benzene ring substituents is 1. The van der Waals surface area contributed by atoms with Crippen LogP contribution in [0.1, 0.15) is 37.8 Å². The Hall–Kier alpha value is -2.80. The third-order valence-electron chi connectivity index (χ3n) is 4.62. The van der Waals surface area contributed by atoms with E-state index in [1.807, 2.05) is 6.07 Å². The molecule has 1 N–H and O–H groups in total. The van der Waals surface area contributed by atoms with Crippen molar-refractivity contribution in [3.63, 3.8) is 0 Å². The zero-order valence-corrected chi connectivity index (χ0v) is 17.0. The Labute approximate surface area is 170 Å². The van der Waals surface area contributed by atoms with E-state index < -0.39 is 0 Å². The van der Waals surface area contributed by atoms with Gasteiger partial charge >= 0.3 is 0 Å². The number of thiocarbonyl (C=S) groups is 1. The molecular weight excluding hydrogens is 372 g/mol. The first-order chi connectivity index (χ1) is 13.5. The Kier molecular flexibility index (Phi) is 6.36. The van der Waals surface area contributed by atoms with E-state index >= 15 is 0 Å². The summed E-state index contributed by atoms with van der Waals surface area (Å²) in [7, 11) is 0. The van der Waals surface area contributed by atoms with Crippen molar-refractivity contribution < 1.29 is 4.92 Å². The Morgan fingerprint density at radius 1 is 1.14 bits per heavy atom. The highest BCUT2D eigenvalue weighted by molar-refractivity contribution is 7.80. The normalized spacial score (nSPS) is 13.2. The maximum atomic E-state index is 11.6. The molecule has 2 aromatic carbocycles. The van der Waals surface area contributed by atoms with Crippen LogP contribution < -0.4 is 10.2 Å². The van der Waals surface area contributed by atoms with Crippen LogP contribution in [-0.2, 0) is 0 Å². The number of benzene rings is 2. The molecule has 146 valence electrons. The maximum absolute atomic E-state index is 11.6. The average molecular weight is 397 g/mol. The number of hydrogen-bond acceptors (Lipinski definition) is 5. The van der Waals surface area contributed by atoms with Crippen molar-refractivity contribution in [2.75, 3.05) is 29.9 Å². The van der Waals surface area contributed by atoms with Crippen LogP contribution in [-0.4, -0.2) is 35.3 Å². The van der Waals surface area contributed by atoms with Crippen molar-refractivity contribution in [3.8, 4) is 0 Å². The number of benzodiazepines with no additional fused rings is 1. The molecule has 1 aliphatic rings. The minimum atomic E-state index is -0.363. The summed E-state index contributed by atoms with van der Waals surface area (Å²) in [4.78, 5) is 18.8. The Morgan fingerprint density at radius 2 is 1.86 bits per heavy atom. The highest BCUT2D eigenvalue weighted by Gasteiger charge is 2.24. The minimum Gasteiger partial charge on any atom is -0.372 e. The Bertz CT molecular complexity index is 920. The summed E-state index contributed by atoms with van der Waals surface area (Å²) < 4.78 is 0. The molecule has 3 rings (SSSR count). The molecule has 28 heavy (non-hydrogen) atoms. The van der Waals surface area contributed by atoms with E-state index in [1.54, 1.807) is 18.2 Å². The molecule has 1 heterocycles. The molecule has 0 fully saturated rings. The topological polar surface area (TPSA) is 70.8 Å². The van der Waals surface area contributed by atoms with E-state index in [2.05, 4.69) is 41.2 Å². The smallest absolute Gasteiger partial charge is 0.278 e. The van der Waals surface area contributed by atoms with E-state index in [4.69, 9.17) is 12.2 Å². The predicted molar refractivity (Wildman–Crippen MR) is 119 cm³/mol. The summed E-state index contributed by atoms with van der Waals surface area (Å²) >= 11 is 5.36. The van der Waals surface area contributed by atoms with Crippen molar-refractivity contribution in [3.05, 3.63) is 63.7 Å². The van der Waals surface area contributed by atoms with Crippen molar-refractivity contribution in [2.45, 2.75) is 26.7 Å². The van der Waals surface area contributed by atoms with E-state index in [-0.39, 0.29) is 10.6 Å². The first kappa shape index (κ1) is 19.9. The van der Waals surface area contributed by atoms with Crippen LogP contribution in [0.2, 0.25) is 0 Å². The van der Waals surface area contributed by atoms with Gasteiger partial charge in [-0.05, 0) is 37.1 Å². The van der Waals surface area contributed by atoms with Crippen LogP contribution in [0.25, 0.3) is 0 Å². The lowest BCUT2D eigenvalue weighted by Gasteiger charge is -2.25. The van der Waals surface area contributed by atoms with Gasteiger partial charge in [0.15, 0.2) is 0 Å². The van der Waals surface area contributed by atoms with Crippen LogP contribution >= 0.6 is 12.2 Å². The summed E-state index contributed by atoms with van der Waals surface area (Å²) in [5, 5.41) is 14.8. The standard InChI is InChI=1S/C21H24N4O2S/c1-3-11-24(12-4-2)15-9-10-18-17(13-15)21(22-14-20(28)23-18)16-7-5-6-8-19(16)25(26)27/h5-10,13H,3-4,11-12,14H2,1-2H3,(H,23,28). The highest BCUT2D eigenvalue weighted by atomic mass is 32.1. The predicted octanol–water partition coefficient (Wildman–Crippen LogP) is 4.81. The number of nitrogens with zero attached hydrogens (tertiary/aromatic N) is 3. The van der Waals surface area contributed by atoms with Gasteiger partial charge in [0, 0.05) is 36.1 Å². The van der Waals surface area contributed by atoms with Gasteiger partial charge in [0.1, 0.15) is 4.99 Å². The molecule has 0 saturated heterocycles. The molecule has 2 aromatic rings. The van der Waals surface area contributed by atoms with Crippen LogP contribution in [0.5, 0.6) is 0 Å². The number of aliphatic imine (C=N–C) groups is 1. The molecule has 0 unspecified atom stereocenters. The second kappa shape index (κ2) is 8.93. The first-order valence-electron chi connectivity index (χ1n) is 9.52. The van der Waals surface area contributed by atoms with Gasteiger partial charge in [-0.25, -0.2) is 0 Å². The van der Waals surface area contributed by atoms with Crippen molar-refractivity contribution >= 4 is 40.0 Å². The summed E-state index contributed by atoms with van der Waals surface area (Å²) in [6, 6.07) is 12.9. The lowest BCUT2D eigenvalue weighted by atomic mass is 9.98. The summed E-state index contributed by atoms with van der Waals surface area (Å²) in [6.45, 7) is 6.53. The quantitative estimate of drug-likeness (QED) is 0.413. The second-order valence-electron chi connectivity index (χ2n) is 6.70. The van der Waals surface area contributed by atoms with Gasteiger partial charge < -0.3 is 10.2 Å². The van der Waals surface area contributed by atoms with Crippen LogP contribution in [0.3, 0.4) is 0 Å². The van der Waals surface area contributed by atoms with E-state index in [1.165, 1.54) is 6.07 Å². The van der Waals surface area contributed by atoms with Gasteiger partial charge in [-0.15, -0.1) is 0 Å². The molecule has 6 nitrogen and oxygen atoms in total. The second-order valence-corrected chi connectivity index (χ2v) is 7.20. The molecule has 0 radical (unpaired) electrons. The fourth-order valence-electron chi connectivity index (χ4n) is 3.43. The third-order valence-corrected chi connectivity index (χ3v) is 4.85. The molecular formula is C21H24N4O2S. The van der Waals surface area contributed by atoms with Crippen LogP contribution in [0.4, 0.5) is 17.1 Å². The van der Waals surface area contributed by atoms with Crippen LogP contribution in [0.15, 0.2) is 47.5 Å². The highest BCUT2D eigenvalue weighted by Crippen LogP contribution is 2.31. The minimum absolute atomic E-state index is 0.0457. The van der Waals surface area contributed by atoms with Gasteiger partial charge in [0.25, 0.3) is 5.69 Å². The number of fused-ring (bicyclic) bond motifs is 1. The lowest BCUT2D eigenvalue weighted by molar-refractivity contribution is -0.385. The largest absolute Gasteiger partial charge is 0.372 e. The monoisotopic (exact) mass is 396 g/mol. The lowest BCUT2D eigenvalue weighted by Crippen LogP contribution is -2.25. The van der Waals surface area contributed by atoms with E-state index in [9.17, 15) is 10.1 Å². The SMILES string of the molecule is CCCN(CCC)c1ccc2c(c1)C(c1ccccc1[N+](=O)[O-])=NCC(=S)N2. The number of nitrogens with one attached hydrogen (secondary N) is 1. The number of para-hydroxylation sites is 1. The summed E-state index contributed by atoms with van der Waals surface area (Å²) in [5.74, 6) is 0. The zero-order chi connectivity index (χ0) is 20.1. The Morgan fingerprint density at radius 3 is 2.54 bits per heavy atom. The van der Waals surface area contributed by atoms with Crippen LogP contribution in [0, 0.1) is 10.1 Å². The molecule has 0 aromatic heterocycles. The Balaban J connectivity index is 2.16. The zero-order valence-electron chi connectivity index (χ0n) is 16.1. The molecule has 0 atom stereocenters. The number of anilines is 2. The molecule has 1 aliphatic heterocycles. The average Bonchev–Trinajstić information content (AvgIpc) is 2.85. The van der Waals surface area contributed by atoms with Gasteiger partial charge in [0.05, 0.1) is 22.7 Å². The summed E-state index contributed by atoms with van der Waals surface area (Å²) in [6.07, 6.45) is 2.09. The first-order valence-corrected chi connectivity index (χ1v) is 9.93. The molecule has 0 amide bonds. The van der Waals surface area contributed by atoms with Gasteiger partial charge in [-0.3, -0.25) is 15.1 Å². The van der Waals surface area contributed by atoms with E-state index in [0.29, 0.717) is 22.8 Å².